The fourth-order valence-electron chi connectivity index (χ4n) is 2.76. The summed E-state index contributed by atoms with van der Waals surface area (Å²) in [5, 5.41) is 14.5. The zero-order valence-corrected chi connectivity index (χ0v) is 19.9. The van der Waals surface area contributed by atoms with Gasteiger partial charge in [0.15, 0.2) is 0 Å². The minimum absolute atomic E-state index is 0.0763. The Morgan fingerprint density at radius 3 is 1.77 bits per heavy atom. The van der Waals surface area contributed by atoms with Crippen LogP contribution in [0.5, 0.6) is 5.75 Å². The predicted molar refractivity (Wildman–Crippen MR) is 117 cm³/mol. The van der Waals surface area contributed by atoms with Crippen LogP contribution in [0.15, 0.2) is 18.2 Å². The average Bonchev–Trinajstić information content (AvgIpc) is 2.60. The van der Waals surface area contributed by atoms with Crippen LogP contribution in [-0.4, -0.2) is 35.2 Å². The lowest BCUT2D eigenvalue weighted by molar-refractivity contribution is -0.149. The normalized spacial score (nSPS) is 15.7. The monoisotopic (exact) mass is 442 g/mol. The van der Waals surface area contributed by atoms with Crippen molar-refractivity contribution in [1.29, 1.82) is 0 Å². The number of nitrogens with one attached hydrogen (secondary N) is 2. The standard InChI is InChI=1S/C21H35N2O6P/c1-12(2)17-10-9-11-18(13(3)4)19(17)29-30(27,22-15(7)20(24)25)23-16(8)21(26)28-14(5)6/h9-16H,1-8H3,(H,24,25)(H2,22,23,27). The van der Waals surface area contributed by atoms with Gasteiger partial charge in [-0.2, -0.15) is 0 Å². The highest BCUT2D eigenvalue weighted by Gasteiger charge is 2.35. The maximum Gasteiger partial charge on any atom is 0.391 e. The van der Waals surface area contributed by atoms with Crippen LogP contribution in [-0.2, 0) is 18.9 Å². The summed E-state index contributed by atoms with van der Waals surface area (Å²) in [6.45, 7) is 14.2. The molecule has 8 nitrogen and oxygen atoms in total. The van der Waals surface area contributed by atoms with E-state index >= 15 is 0 Å². The Hall–Kier alpha value is -1.89. The first-order chi connectivity index (χ1) is 13.8. The van der Waals surface area contributed by atoms with Crippen LogP contribution >= 0.6 is 7.67 Å². The zero-order valence-electron chi connectivity index (χ0n) is 19.1. The molecule has 0 fully saturated rings. The molecule has 1 aromatic carbocycles. The molecule has 0 aliphatic carbocycles. The molecule has 0 aliphatic heterocycles. The van der Waals surface area contributed by atoms with Crippen LogP contribution in [0.3, 0.4) is 0 Å². The third kappa shape index (κ3) is 7.42. The molecule has 3 N–H and O–H groups in total. The van der Waals surface area contributed by atoms with E-state index in [-0.39, 0.29) is 17.9 Å². The molecule has 0 spiro atoms. The number of para-hydroxylation sites is 1. The van der Waals surface area contributed by atoms with Gasteiger partial charge in [0, 0.05) is 0 Å². The van der Waals surface area contributed by atoms with Crippen LogP contribution in [0, 0.1) is 0 Å². The highest BCUT2D eigenvalue weighted by Crippen LogP contribution is 2.46. The van der Waals surface area contributed by atoms with E-state index in [0.717, 1.165) is 11.1 Å². The molecule has 0 aromatic heterocycles. The topological polar surface area (TPSA) is 114 Å². The maximum absolute atomic E-state index is 13.7. The Kier molecular flexibility index (Phi) is 9.53. The van der Waals surface area contributed by atoms with Gasteiger partial charge in [-0.25, -0.2) is 14.7 Å². The van der Waals surface area contributed by atoms with E-state index in [4.69, 9.17) is 9.26 Å². The van der Waals surface area contributed by atoms with Crippen LogP contribution in [0.1, 0.15) is 78.4 Å². The molecule has 0 radical (unpaired) electrons. The Morgan fingerprint density at radius 2 is 1.37 bits per heavy atom. The predicted octanol–water partition coefficient (Wildman–Crippen LogP) is 4.41. The second-order valence-electron chi connectivity index (χ2n) is 8.24. The van der Waals surface area contributed by atoms with Gasteiger partial charge in [-0.15, -0.1) is 0 Å². The number of carbonyl (C=O) groups is 2. The molecular weight excluding hydrogens is 407 g/mol. The van der Waals surface area contributed by atoms with E-state index < -0.39 is 31.7 Å². The van der Waals surface area contributed by atoms with Crippen molar-refractivity contribution in [1.82, 2.24) is 10.2 Å². The van der Waals surface area contributed by atoms with E-state index in [0.29, 0.717) is 5.75 Å². The first-order valence-electron chi connectivity index (χ1n) is 10.2. The van der Waals surface area contributed by atoms with Crippen LogP contribution < -0.4 is 14.7 Å². The molecule has 1 aromatic rings. The highest BCUT2D eigenvalue weighted by atomic mass is 31.2. The van der Waals surface area contributed by atoms with E-state index in [2.05, 4.69) is 10.2 Å². The first-order valence-corrected chi connectivity index (χ1v) is 11.8. The van der Waals surface area contributed by atoms with E-state index in [1.807, 2.05) is 45.9 Å². The molecule has 170 valence electrons. The summed E-state index contributed by atoms with van der Waals surface area (Å²) in [6.07, 6.45) is -0.345. The number of ether oxygens (including phenoxy) is 1. The lowest BCUT2D eigenvalue weighted by Gasteiger charge is -2.29. The fraction of sp³-hybridized carbons (Fsp3) is 0.619. The third-order valence-electron chi connectivity index (χ3n) is 4.34. The molecule has 1 rings (SSSR count). The molecule has 3 atom stereocenters. The number of benzene rings is 1. The number of esters is 1. The third-order valence-corrected chi connectivity index (χ3v) is 6.24. The van der Waals surface area contributed by atoms with Gasteiger partial charge in [-0.1, -0.05) is 45.9 Å². The van der Waals surface area contributed by atoms with E-state index in [9.17, 15) is 19.3 Å². The summed E-state index contributed by atoms with van der Waals surface area (Å²) < 4.78 is 24.9. The number of rotatable bonds is 11. The molecule has 3 unspecified atom stereocenters. The molecule has 0 bridgehead atoms. The van der Waals surface area contributed by atoms with Crippen molar-refractivity contribution >= 4 is 19.6 Å². The van der Waals surface area contributed by atoms with Crippen molar-refractivity contribution in [3.63, 3.8) is 0 Å². The number of aliphatic carboxylic acids is 1. The van der Waals surface area contributed by atoms with Gasteiger partial charge in [0.2, 0.25) is 0 Å². The zero-order chi connectivity index (χ0) is 23.2. The molecule has 0 heterocycles. The quantitative estimate of drug-likeness (QED) is 0.341. The second-order valence-corrected chi connectivity index (χ2v) is 10.0. The summed E-state index contributed by atoms with van der Waals surface area (Å²) in [6, 6.07) is 3.51. The first kappa shape index (κ1) is 26.1. The van der Waals surface area contributed by atoms with Crippen LogP contribution in [0.25, 0.3) is 0 Å². The van der Waals surface area contributed by atoms with Gasteiger partial charge in [-0.05, 0) is 50.7 Å². The number of carboxylic acids is 1. The summed E-state index contributed by atoms with van der Waals surface area (Å²) >= 11 is 0. The summed E-state index contributed by atoms with van der Waals surface area (Å²) in [5.41, 5.74) is 1.68. The SMILES string of the molecule is CC(C)OC(=O)C(C)NP(=O)(NC(C)C(=O)O)Oc1c(C(C)C)cccc1C(C)C. The number of carboxylic acid groups (broad SMARTS) is 1. The maximum atomic E-state index is 13.7. The average molecular weight is 442 g/mol. The van der Waals surface area contributed by atoms with Crippen molar-refractivity contribution in [2.24, 2.45) is 0 Å². The minimum Gasteiger partial charge on any atom is -0.480 e. The highest BCUT2D eigenvalue weighted by molar-refractivity contribution is 7.55. The van der Waals surface area contributed by atoms with Crippen LogP contribution in [0.2, 0.25) is 0 Å². The Morgan fingerprint density at radius 1 is 0.900 bits per heavy atom. The number of hydrogen-bond acceptors (Lipinski definition) is 5. The summed E-state index contributed by atoms with van der Waals surface area (Å²) in [7, 11) is -4.02. The van der Waals surface area contributed by atoms with Gasteiger partial charge in [0.1, 0.15) is 17.8 Å². The van der Waals surface area contributed by atoms with Crippen molar-refractivity contribution in [2.45, 2.75) is 85.4 Å². The summed E-state index contributed by atoms with van der Waals surface area (Å²) in [4.78, 5) is 23.6. The van der Waals surface area contributed by atoms with Crippen molar-refractivity contribution in [3.8, 4) is 5.75 Å². The fourth-order valence-corrected chi connectivity index (χ4v) is 4.64. The molecular formula is C21H35N2O6P. The lowest BCUT2D eigenvalue weighted by atomic mass is 9.94. The number of carbonyl (C=O) groups excluding carboxylic acids is 1. The van der Waals surface area contributed by atoms with Gasteiger partial charge in [0.25, 0.3) is 0 Å². The van der Waals surface area contributed by atoms with Gasteiger partial charge in [-0.3, -0.25) is 9.59 Å². The molecule has 0 saturated carbocycles. The van der Waals surface area contributed by atoms with Crippen molar-refractivity contribution < 1.29 is 28.5 Å². The molecule has 0 saturated heterocycles. The van der Waals surface area contributed by atoms with Gasteiger partial charge >= 0.3 is 19.6 Å². The second kappa shape index (κ2) is 10.9. The van der Waals surface area contributed by atoms with Crippen LogP contribution in [0.4, 0.5) is 0 Å². The largest absolute Gasteiger partial charge is 0.480 e. The Labute approximate surface area is 179 Å². The van der Waals surface area contributed by atoms with Gasteiger partial charge in [0.05, 0.1) is 6.10 Å². The Bertz CT molecular complexity index is 767. The Balaban J connectivity index is 3.39. The van der Waals surface area contributed by atoms with Crippen molar-refractivity contribution in [2.75, 3.05) is 0 Å². The lowest BCUT2D eigenvalue weighted by Crippen LogP contribution is -2.43. The van der Waals surface area contributed by atoms with Gasteiger partial charge < -0.3 is 14.4 Å². The smallest absolute Gasteiger partial charge is 0.391 e. The summed E-state index contributed by atoms with van der Waals surface area (Å²) in [5.74, 6) is -1.23. The molecule has 0 aliphatic rings. The van der Waals surface area contributed by atoms with Crippen molar-refractivity contribution in [3.05, 3.63) is 29.3 Å². The molecule has 0 amide bonds. The molecule has 9 heteroatoms. The van der Waals surface area contributed by atoms with E-state index in [1.54, 1.807) is 13.8 Å². The van der Waals surface area contributed by atoms with E-state index in [1.165, 1.54) is 13.8 Å². The molecule has 30 heavy (non-hydrogen) atoms. The minimum atomic E-state index is -4.02. The number of hydrogen-bond donors (Lipinski definition) is 3.